The molecule has 0 atom stereocenters. The molecule has 40 heavy (non-hydrogen) atoms. The minimum atomic E-state index is -1.84. The highest BCUT2D eigenvalue weighted by Gasteiger charge is 2.56. The molecule has 0 aromatic carbocycles. The summed E-state index contributed by atoms with van der Waals surface area (Å²) in [5.41, 5.74) is 0. The molecule has 4 aromatic heterocycles. The summed E-state index contributed by atoms with van der Waals surface area (Å²) < 4.78 is 6.14. The van der Waals surface area contributed by atoms with Crippen LogP contribution in [-0.2, 0) is 0 Å². The van der Waals surface area contributed by atoms with Gasteiger partial charge >= 0.3 is 0 Å². The Bertz CT molecular complexity index is 1200. The average molecular weight is 773 g/mol. The van der Waals surface area contributed by atoms with Crippen LogP contribution >= 0.6 is 77.2 Å². The van der Waals surface area contributed by atoms with Gasteiger partial charge in [0, 0.05) is 19.5 Å². The van der Waals surface area contributed by atoms with Crippen LogP contribution in [0.3, 0.4) is 0 Å². The zero-order chi connectivity index (χ0) is 28.6. The van der Waals surface area contributed by atoms with E-state index < -0.39 is 15.2 Å². The maximum Gasteiger partial charge on any atom is 0.0992 e. The second-order valence-corrected chi connectivity index (χ2v) is 32.1. The van der Waals surface area contributed by atoms with Gasteiger partial charge in [-0.25, -0.2) is 0 Å². The van der Waals surface area contributed by atoms with Crippen LogP contribution in [0.4, 0.5) is 0 Å². The van der Waals surface area contributed by atoms with Gasteiger partial charge in [-0.05, 0) is 77.3 Å². The third kappa shape index (κ3) is 7.28. The maximum absolute atomic E-state index is 3.72. The summed E-state index contributed by atoms with van der Waals surface area (Å²) in [5, 5.41) is 0. The van der Waals surface area contributed by atoms with Crippen molar-refractivity contribution in [3.8, 4) is 19.5 Å². The second-order valence-electron chi connectivity index (χ2n) is 11.1. The van der Waals surface area contributed by atoms with Gasteiger partial charge in [-0.1, -0.05) is 115 Å². The van der Waals surface area contributed by atoms with Gasteiger partial charge in [-0.15, -0.1) is 45.3 Å². The smallest absolute Gasteiger partial charge is 0.0992 e. The zero-order valence-electron chi connectivity index (χ0n) is 24.5. The summed E-state index contributed by atoms with van der Waals surface area (Å²) in [6, 6.07) is 25.2. The largest absolute Gasteiger partial charge is 0.144 e. The molecule has 4 aromatic rings. The lowest BCUT2D eigenvalue weighted by atomic mass is 10.4. The Morgan fingerprint density at radius 2 is 0.750 bits per heavy atom. The predicted molar refractivity (Wildman–Crippen MR) is 200 cm³/mol. The first-order valence-electron chi connectivity index (χ1n) is 15.1. The van der Waals surface area contributed by atoms with Crippen molar-refractivity contribution < 1.29 is 0 Å². The Morgan fingerprint density at radius 3 is 1.02 bits per heavy atom. The van der Waals surface area contributed by atoms with Crippen LogP contribution in [0, 0.1) is 0 Å². The molecule has 0 saturated heterocycles. The highest BCUT2D eigenvalue weighted by molar-refractivity contribution is 9.11. The normalized spacial score (nSPS) is 12.4. The summed E-state index contributed by atoms with van der Waals surface area (Å²) in [6.07, 6.45) is 10.8. The third-order valence-electron chi connectivity index (χ3n) is 8.53. The van der Waals surface area contributed by atoms with E-state index in [2.05, 4.69) is 131 Å². The molecule has 0 amide bonds. The molecule has 0 aliphatic carbocycles. The van der Waals surface area contributed by atoms with Crippen LogP contribution in [0.5, 0.6) is 0 Å². The molecule has 4 heterocycles. The van der Waals surface area contributed by atoms with E-state index in [1.165, 1.54) is 103 Å². The fourth-order valence-electron chi connectivity index (χ4n) is 6.43. The molecule has 0 bridgehead atoms. The van der Waals surface area contributed by atoms with Crippen LogP contribution in [0.25, 0.3) is 19.5 Å². The Balaban J connectivity index is 1.95. The Kier molecular flexibility index (Phi) is 13.1. The Hall–Kier alpha value is 0.194. The lowest BCUT2D eigenvalue weighted by Gasteiger charge is -2.48. The number of hydrogen-bond acceptors (Lipinski definition) is 4. The van der Waals surface area contributed by atoms with Crippen molar-refractivity contribution in [2.24, 2.45) is 0 Å². The van der Waals surface area contributed by atoms with E-state index in [1.54, 1.807) is 0 Å². The van der Waals surface area contributed by atoms with E-state index in [0.717, 1.165) is 0 Å². The first-order valence-corrected chi connectivity index (χ1v) is 25.8. The number of halogens is 2. The zero-order valence-corrected chi connectivity index (χ0v) is 32.9. The number of thiophene rings is 4. The molecule has 0 nitrogen and oxygen atoms in total. The first kappa shape index (κ1) is 33.1. The minimum Gasteiger partial charge on any atom is -0.144 e. The molecule has 4 rings (SSSR count). The summed E-state index contributed by atoms with van der Waals surface area (Å²) in [4.78, 5) is 5.82. The van der Waals surface area contributed by atoms with Crippen LogP contribution in [0.1, 0.15) is 79.1 Å². The van der Waals surface area contributed by atoms with Gasteiger partial charge in [-0.3, -0.25) is 0 Å². The fourth-order valence-corrected chi connectivity index (χ4v) is 39.0. The quantitative estimate of drug-likeness (QED) is 0.0938. The molecule has 0 aliphatic heterocycles. The van der Waals surface area contributed by atoms with Gasteiger partial charge in [0.1, 0.15) is 0 Å². The number of hydrogen-bond donors (Lipinski definition) is 0. The molecule has 0 radical (unpaired) electrons. The monoisotopic (exact) mass is 770 g/mol. The topological polar surface area (TPSA) is 0 Å². The van der Waals surface area contributed by atoms with Gasteiger partial charge in [0.2, 0.25) is 0 Å². The molecule has 0 fully saturated rings. The average Bonchev–Trinajstić information content (AvgIpc) is 3.77. The van der Waals surface area contributed by atoms with E-state index in [9.17, 15) is 0 Å². The molecule has 0 spiro atoms. The molecule has 0 unspecified atom stereocenters. The van der Waals surface area contributed by atoms with Crippen molar-refractivity contribution in [2.75, 3.05) is 0 Å². The SMILES string of the molecule is CCCC[Si](CCCC)(c1ccc(-c2ccc(Br)s2)s1)[Si](CCCC)(CCCC)c1ccc(-c2ccc(Br)s2)s1. The molecular weight excluding hydrogens is 729 g/mol. The standard InChI is InChI=1S/C32H44Br2S4Si2/c1-5-9-21-39(22-10-6-2,31-19-15-27(37-31)25-13-17-29(33)35-25)40(23-11-7-3,24-12-8-4)32-20-16-28(38-32)26-14-18-30(34)36-26/h13-20H,5-12,21-24H2,1-4H3. The summed E-state index contributed by atoms with van der Waals surface area (Å²) in [6.45, 7) is 9.67. The maximum atomic E-state index is 3.72. The lowest BCUT2D eigenvalue weighted by molar-refractivity contribution is 0.822. The molecule has 0 N–H and O–H groups in total. The van der Waals surface area contributed by atoms with Crippen molar-refractivity contribution in [3.63, 3.8) is 0 Å². The van der Waals surface area contributed by atoms with Crippen molar-refractivity contribution >= 4 is 101 Å². The minimum absolute atomic E-state index is 1.24. The van der Waals surface area contributed by atoms with Gasteiger partial charge in [0.15, 0.2) is 0 Å². The molecular formula is C32H44Br2S4Si2. The third-order valence-corrected chi connectivity index (χ3v) is 37.0. The molecule has 0 aliphatic rings. The van der Waals surface area contributed by atoms with Crippen LogP contribution < -0.4 is 9.00 Å². The van der Waals surface area contributed by atoms with Gasteiger partial charge in [0.25, 0.3) is 0 Å². The van der Waals surface area contributed by atoms with Crippen molar-refractivity contribution in [1.29, 1.82) is 0 Å². The van der Waals surface area contributed by atoms with E-state index in [1.807, 2.05) is 31.7 Å². The summed E-state index contributed by atoms with van der Waals surface area (Å²) in [7, 11) is -3.68. The Labute approximate surface area is 277 Å². The van der Waals surface area contributed by atoms with Gasteiger partial charge in [0.05, 0.1) is 22.8 Å². The fraction of sp³-hybridized carbons (Fsp3) is 0.500. The predicted octanol–water partition coefficient (Wildman–Crippen LogP) is 13.1. The van der Waals surface area contributed by atoms with Crippen molar-refractivity contribution in [1.82, 2.24) is 0 Å². The highest BCUT2D eigenvalue weighted by Crippen LogP contribution is 2.44. The number of unbranched alkanes of at least 4 members (excludes halogenated alkanes) is 4. The van der Waals surface area contributed by atoms with Crippen molar-refractivity contribution in [3.05, 3.63) is 56.1 Å². The molecule has 0 saturated carbocycles. The van der Waals surface area contributed by atoms with E-state index >= 15 is 0 Å². The Morgan fingerprint density at radius 1 is 0.450 bits per heavy atom. The lowest BCUT2D eigenvalue weighted by Crippen LogP contribution is -2.74. The first-order chi connectivity index (χ1) is 19.4. The number of rotatable bonds is 17. The summed E-state index contributed by atoms with van der Waals surface area (Å²) in [5.74, 6) is 0. The van der Waals surface area contributed by atoms with Crippen LogP contribution in [0.15, 0.2) is 56.1 Å². The van der Waals surface area contributed by atoms with Crippen LogP contribution in [0.2, 0.25) is 24.2 Å². The van der Waals surface area contributed by atoms with Gasteiger partial charge < -0.3 is 0 Å². The van der Waals surface area contributed by atoms with Gasteiger partial charge in [-0.2, -0.15) is 0 Å². The summed E-state index contributed by atoms with van der Waals surface area (Å²) >= 11 is 15.6. The van der Waals surface area contributed by atoms with Crippen molar-refractivity contribution in [2.45, 2.75) is 103 Å². The van der Waals surface area contributed by atoms with E-state index in [-0.39, 0.29) is 0 Å². The van der Waals surface area contributed by atoms with E-state index in [0.29, 0.717) is 0 Å². The second kappa shape index (κ2) is 15.8. The van der Waals surface area contributed by atoms with Crippen LogP contribution in [-0.4, -0.2) is 15.2 Å². The highest BCUT2D eigenvalue weighted by atomic mass is 79.9. The van der Waals surface area contributed by atoms with E-state index in [4.69, 9.17) is 0 Å². The molecule has 8 heteroatoms. The molecule has 218 valence electrons.